The highest BCUT2D eigenvalue weighted by Gasteiger charge is 2.20. The van der Waals surface area contributed by atoms with Gasteiger partial charge in [-0.05, 0) is 0 Å². The Balaban J connectivity index is 2.48. The van der Waals surface area contributed by atoms with Crippen molar-refractivity contribution in [2.75, 3.05) is 11.5 Å². The van der Waals surface area contributed by atoms with Crippen LogP contribution in [0.1, 0.15) is 6.42 Å². The molecule has 0 radical (unpaired) electrons. The van der Waals surface area contributed by atoms with Gasteiger partial charge in [-0.15, -0.1) is 0 Å². The minimum absolute atomic E-state index is 0.115. The van der Waals surface area contributed by atoms with E-state index in [1.54, 1.807) is 11.8 Å². The number of rotatable bonds is 1. The molecule has 0 aromatic carbocycles. The molecule has 9 heavy (non-hydrogen) atoms. The van der Waals surface area contributed by atoms with E-state index >= 15 is 0 Å². The number of hydrogen-bond donors (Lipinski definition) is 0. The molecule has 50 valence electrons. The van der Waals surface area contributed by atoms with E-state index < -0.39 is 0 Å². The van der Waals surface area contributed by atoms with Crippen molar-refractivity contribution in [3.05, 3.63) is 0 Å². The summed E-state index contributed by atoms with van der Waals surface area (Å²) in [7, 11) is 0. The summed E-state index contributed by atoms with van der Waals surface area (Å²) in [6, 6.07) is 0. The van der Waals surface area contributed by atoms with Crippen LogP contribution in [-0.4, -0.2) is 23.6 Å². The summed E-state index contributed by atoms with van der Waals surface area (Å²) in [4.78, 5) is 20.9. The van der Waals surface area contributed by atoms with E-state index in [4.69, 9.17) is 0 Å². The lowest BCUT2D eigenvalue weighted by Crippen LogP contribution is -2.23. The molecule has 0 aromatic heterocycles. The Bertz CT molecular complexity index is 133. The second kappa shape index (κ2) is 3.01. The van der Waals surface area contributed by atoms with Crippen molar-refractivity contribution < 1.29 is 9.59 Å². The second-order valence-electron chi connectivity index (χ2n) is 2.03. The van der Waals surface area contributed by atoms with Crippen molar-refractivity contribution in [2.24, 2.45) is 5.92 Å². The molecule has 0 amide bonds. The van der Waals surface area contributed by atoms with E-state index in [1.165, 1.54) is 0 Å². The third-order valence-corrected chi connectivity index (χ3v) is 2.46. The predicted molar refractivity (Wildman–Crippen MR) is 36.5 cm³/mol. The number of Topliss-reactive ketones (excluding diaryl/α,β-unsaturated/α-hetero) is 1. The van der Waals surface area contributed by atoms with Crippen LogP contribution in [0, 0.1) is 5.92 Å². The lowest BCUT2D eigenvalue weighted by molar-refractivity contribution is -0.126. The van der Waals surface area contributed by atoms with Crippen molar-refractivity contribution in [3.8, 4) is 0 Å². The van der Waals surface area contributed by atoms with Crippen molar-refractivity contribution in [2.45, 2.75) is 6.42 Å². The highest BCUT2D eigenvalue weighted by molar-refractivity contribution is 7.99. The van der Waals surface area contributed by atoms with E-state index in [2.05, 4.69) is 0 Å². The van der Waals surface area contributed by atoms with Crippen LogP contribution in [0.4, 0.5) is 0 Å². The Morgan fingerprint density at radius 3 is 2.89 bits per heavy atom. The van der Waals surface area contributed by atoms with Gasteiger partial charge in [0.1, 0.15) is 12.1 Å². The van der Waals surface area contributed by atoms with Crippen LogP contribution >= 0.6 is 11.8 Å². The first-order valence-electron chi connectivity index (χ1n) is 2.90. The highest BCUT2D eigenvalue weighted by atomic mass is 32.2. The molecule has 3 heteroatoms. The highest BCUT2D eigenvalue weighted by Crippen LogP contribution is 2.17. The van der Waals surface area contributed by atoms with Crippen LogP contribution in [-0.2, 0) is 9.59 Å². The quantitative estimate of drug-likeness (QED) is 0.397. The molecule has 0 spiro atoms. The largest absolute Gasteiger partial charge is 0.303 e. The van der Waals surface area contributed by atoms with Gasteiger partial charge in [-0.25, -0.2) is 0 Å². The Kier molecular flexibility index (Phi) is 2.28. The molecule has 1 saturated heterocycles. The Labute approximate surface area is 58.0 Å². The van der Waals surface area contributed by atoms with Crippen LogP contribution in [0.15, 0.2) is 0 Å². The molecule has 0 aromatic rings. The van der Waals surface area contributed by atoms with Crippen LogP contribution in [0.25, 0.3) is 0 Å². The fraction of sp³-hybridized carbons (Fsp3) is 0.667. The first-order valence-corrected chi connectivity index (χ1v) is 4.06. The lowest BCUT2D eigenvalue weighted by Gasteiger charge is -2.13. The number of aldehydes is 1. The van der Waals surface area contributed by atoms with Gasteiger partial charge in [0.2, 0.25) is 0 Å². The SMILES string of the molecule is O=CC1CSCCC1=O. The maximum Gasteiger partial charge on any atom is 0.144 e. The zero-order valence-corrected chi connectivity index (χ0v) is 5.82. The second-order valence-corrected chi connectivity index (χ2v) is 3.18. The number of thioether (sulfide) groups is 1. The van der Waals surface area contributed by atoms with E-state index in [1.807, 2.05) is 0 Å². The van der Waals surface area contributed by atoms with Gasteiger partial charge >= 0.3 is 0 Å². The first-order chi connectivity index (χ1) is 4.34. The summed E-state index contributed by atoms with van der Waals surface area (Å²) in [5.41, 5.74) is 0. The summed E-state index contributed by atoms with van der Waals surface area (Å²) in [5, 5.41) is 0. The molecule has 1 unspecified atom stereocenters. The number of ketones is 1. The minimum Gasteiger partial charge on any atom is -0.303 e. The summed E-state index contributed by atoms with van der Waals surface area (Å²) in [6.07, 6.45) is 1.34. The zero-order valence-electron chi connectivity index (χ0n) is 5.00. The summed E-state index contributed by atoms with van der Waals surface area (Å²) in [6.45, 7) is 0. The standard InChI is InChI=1S/C6H8O2S/c7-3-5-4-9-2-1-6(5)8/h3,5H,1-2,4H2. The lowest BCUT2D eigenvalue weighted by atomic mass is 10.1. The summed E-state index contributed by atoms with van der Waals surface area (Å²) >= 11 is 1.68. The van der Waals surface area contributed by atoms with E-state index in [9.17, 15) is 9.59 Å². The van der Waals surface area contributed by atoms with Crippen molar-refractivity contribution >= 4 is 23.8 Å². The molecule has 0 saturated carbocycles. The average Bonchev–Trinajstić information content (AvgIpc) is 1.89. The topological polar surface area (TPSA) is 34.1 Å². The van der Waals surface area contributed by atoms with Crippen LogP contribution in [0.5, 0.6) is 0 Å². The first kappa shape index (κ1) is 6.81. The molecule has 1 aliphatic heterocycles. The number of hydrogen-bond acceptors (Lipinski definition) is 3. The Morgan fingerprint density at radius 1 is 1.67 bits per heavy atom. The Morgan fingerprint density at radius 2 is 2.44 bits per heavy atom. The third kappa shape index (κ3) is 1.55. The maximum absolute atomic E-state index is 10.8. The van der Waals surface area contributed by atoms with Gasteiger partial charge in [0, 0.05) is 17.9 Å². The monoisotopic (exact) mass is 144 g/mol. The fourth-order valence-electron chi connectivity index (χ4n) is 0.777. The molecular weight excluding hydrogens is 136 g/mol. The molecule has 1 fully saturated rings. The van der Waals surface area contributed by atoms with Gasteiger partial charge in [-0.1, -0.05) is 0 Å². The molecule has 0 bridgehead atoms. The minimum atomic E-state index is -0.302. The maximum atomic E-state index is 10.8. The number of carbonyl (C=O) groups is 2. The fourth-order valence-corrected chi connectivity index (χ4v) is 1.81. The van der Waals surface area contributed by atoms with Gasteiger partial charge in [-0.2, -0.15) is 11.8 Å². The summed E-state index contributed by atoms with van der Waals surface area (Å²) in [5.74, 6) is 1.40. The predicted octanol–water partition coefficient (Wildman–Crippen LogP) is 0.508. The smallest absolute Gasteiger partial charge is 0.144 e. The molecular formula is C6H8O2S. The molecule has 1 rings (SSSR count). The molecule has 0 N–H and O–H groups in total. The molecule has 1 heterocycles. The summed E-state index contributed by atoms with van der Waals surface area (Å²) < 4.78 is 0. The van der Waals surface area contributed by atoms with Gasteiger partial charge in [0.05, 0.1) is 5.92 Å². The normalized spacial score (nSPS) is 28.0. The van der Waals surface area contributed by atoms with Gasteiger partial charge in [0.15, 0.2) is 0 Å². The third-order valence-electron chi connectivity index (χ3n) is 1.37. The van der Waals surface area contributed by atoms with E-state index in [0.717, 1.165) is 12.0 Å². The molecule has 1 aliphatic rings. The Hall–Kier alpha value is -0.310. The average molecular weight is 144 g/mol. The van der Waals surface area contributed by atoms with Crippen LogP contribution < -0.4 is 0 Å². The van der Waals surface area contributed by atoms with E-state index in [0.29, 0.717) is 12.2 Å². The van der Waals surface area contributed by atoms with Gasteiger partial charge < -0.3 is 4.79 Å². The van der Waals surface area contributed by atoms with Gasteiger partial charge in [-0.3, -0.25) is 4.79 Å². The van der Waals surface area contributed by atoms with Gasteiger partial charge in [0.25, 0.3) is 0 Å². The molecule has 2 nitrogen and oxygen atoms in total. The molecule has 0 aliphatic carbocycles. The van der Waals surface area contributed by atoms with E-state index in [-0.39, 0.29) is 11.7 Å². The van der Waals surface area contributed by atoms with Crippen molar-refractivity contribution in [1.29, 1.82) is 0 Å². The van der Waals surface area contributed by atoms with Crippen molar-refractivity contribution in [3.63, 3.8) is 0 Å². The molecule has 1 atom stereocenters. The number of carbonyl (C=O) groups excluding carboxylic acids is 2. The van der Waals surface area contributed by atoms with Crippen molar-refractivity contribution in [1.82, 2.24) is 0 Å². The van der Waals surface area contributed by atoms with Crippen LogP contribution in [0.3, 0.4) is 0 Å². The zero-order chi connectivity index (χ0) is 6.69. The van der Waals surface area contributed by atoms with Crippen LogP contribution in [0.2, 0.25) is 0 Å².